The molecular weight excluding hydrogens is 256 g/mol. The minimum atomic E-state index is -0.378. The molecule has 0 saturated heterocycles. The van der Waals surface area contributed by atoms with Crippen molar-refractivity contribution >= 4 is 11.6 Å². The Morgan fingerprint density at radius 1 is 0.950 bits per heavy atom. The summed E-state index contributed by atoms with van der Waals surface area (Å²) in [5.41, 5.74) is 0.834. The van der Waals surface area contributed by atoms with Crippen LogP contribution in [0.1, 0.15) is 38.8 Å². The molecule has 0 saturated carbocycles. The summed E-state index contributed by atoms with van der Waals surface area (Å²) in [5.74, 6) is -0.459. The van der Waals surface area contributed by atoms with E-state index in [1.807, 2.05) is 0 Å². The average molecular weight is 268 g/mol. The second-order valence-electron chi connectivity index (χ2n) is 4.47. The normalized spacial score (nSPS) is 12.8. The van der Waals surface area contributed by atoms with Gasteiger partial charge in [0.1, 0.15) is 11.5 Å². The first-order valence-corrected chi connectivity index (χ1v) is 6.32. The summed E-state index contributed by atoms with van der Waals surface area (Å²) < 4.78 is 5.42. The zero-order valence-electron chi connectivity index (χ0n) is 10.8. The second-order valence-corrected chi connectivity index (χ2v) is 4.47. The molecule has 0 aromatic heterocycles. The summed E-state index contributed by atoms with van der Waals surface area (Å²) in [6.07, 6.45) is 0. The Hall–Kier alpha value is -2.62. The molecule has 1 aliphatic carbocycles. The largest absolute Gasteiger partial charge is 0.507 e. The molecule has 4 heteroatoms. The van der Waals surface area contributed by atoms with Crippen LogP contribution in [0.2, 0.25) is 0 Å². The predicted octanol–water partition coefficient (Wildman–Crippen LogP) is 2.57. The topological polar surface area (TPSA) is 63.6 Å². The molecule has 1 aliphatic rings. The number of hydrogen-bond donors (Lipinski definition) is 1. The molecule has 0 bridgehead atoms. The van der Waals surface area contributed by atoms with Crippen molar-refractivity contribution in [2.75, 3.05) is 6.61 Å². The van der Waals surface area contributed by atoms with Gasteiger partial charge in [-0.2, -0.15) is 0 Å². The monoisotopic (exact) mass is 268 g/mol. The summed E-state index contributed by atoms with van der Waals surface area (Å²) in [6.45, 7) is 2.20. The lowest BCUT2D eigenvalue weighted by molar-refractivity contribution is 0.0973. The maximum Gasteiger partial charge on any atom is 0.201 e. The van der Waals surface area contributed by atoms with Crippen LogP contribution in [0.4, 0.5) is 0 Å². The number of phenols is 1. The average Bonchev–Trinajstić information content (AvgIpc) is 2.45. The van der Waals surface area contributed by atoms with Crippen molar-refractivity contribution in [1.82, 2.24) is 0 Å². The molecule has 0 aliphatic heterocycles. The van der Waals surface area contributed by atoms with E-state index < -0.39 is 0 Å². The van der Waals surface area contributed by atoms with Crippen LogP contribution < -0.4 is 4.74 Å². The molecule has 0 amide bonds. The quantitative estimate of drug-likeness (QED) is 0.775. The highest BCUT2D eigenvalue weighted by molar-refractivity contribution is 6.30. The first-order valence-electron chi connectivity index (χ1n) is 6.32. The SMILES string of the molecule is CCOc1cccc2c1C(=O)c1c(O)cccc1C2=O. The highest BCUT2D eigenvalue weighted by Crippen LogP contribution is 2.36. The Labute approximate surface area is 115 Å². The number of fused-ring (bicyclic) bond motifs is 2. The Kier molecular flexibility index (Phi) is 2.79. The van der Waals surface area contributed by atoms with Gasteiger partial charge in [-0.05, 0) is 19.1 Å². The molecule has 0 spiro atoms. The van der Waals surface area contributed by atoms with Crippen molar-refractivity contribution in [2.24, 2.45) is 0 Å². The first kappa shape index (κ1) is 12.4. The van der Waals surface area contributed by atoms with Crippen molar-refractivity contribution in [3.05, 3.63) is 58.7 Å². The minimum absolute atomic E-state index is 0.0529. The van der Waals surface area contributed by atoms with Crippen LogP contribution in [0.3, 0.4) is 0 Å². The standard InChI is InChI=1S/C16H12O4/c1-2-20-12-8-4-6-10-14(12)16(19)13-9(15(10)18)5-3-7-11(13)17/h3-8,17H,2H2,1H3. The van der Waals surface area contributed by atoms with Gasteiger partial charge < -0.3 is 9.84 Å². The number of ether oxygens (including phenoxy) is 1. The van der Waals surface area contributed by atoms with Crippen molar-refractivity contribution in [3.8, 4) is 11.5 Å². The fourth-order valence-electron chi connectivity index (χ4n) is 2.47. The third-order valence-corrected chi connectivity index (χ3v) is 3.31. The van der Waals surface area contributed by atoms with Gasteiger partial charge in [-0.15, -0.1) is 0 Å². The van der Waals surface area contributed by atoms with Gasteiger partial charge in [-0.25, -0.2) is 0 Å². The maximum atomic E-state index is 12.6. The van der Waals surface area contributed by atoms with E-state index in [0.717, 1.165) is 0 Å². The molecule has 0 fully saturated rings. The van der Waals surface area contributed by atoms with Gasteiger partial charge in [-0.3, -0.25) is 9.59 Å². The lowest BCUT2D eigenvalue weighted by atomic mass is 9.83. The summed E-state index contributed by atoms with van der Waals surface area (Å²) in [7, 11) is 0. The predicted molar refractivity (Wildman–Crippen MR) is 72.6 cm³/mol. The third kappa shape index (κ3) is 1.61. The molecular formula is C16H12O4. The van der Waals surface area contributed by atoms with E-state index in [4.69, 9.17) is 4.74 Å². The van der Waals surface area contributed by atoms with E-state index in [2.05, 4.69) is 0 Å². The van der Waals surface area contributed by atoms with Gasteiger partial charge in [0, 0.05) is 11.1 Å². The van der Waals surface area contributed by atoms with Crippen LogP contribution >= 0.6 is 0 Å². The number of aromatic hydroxyl groups is 1. The molecule has 0 radical (unpaired) electrons. The summed E-state index contributed by atoms with van der Waals surface area (Å²) in [5, 5.41) is 9.88. The van der Waals surface area contributed by atoms with Crippen molar-refractivity contribution in [3.63, 3.8) is 0 Å². The Morgan fingerprint density at radius 3 is 2.30 bits per heavy atom. The molecule has 2 aromatic rings. The fourth-order valence-corrected chi connectivity index (χ4v) is 2.47. The Bertz CT molecular complexity index is 731. The molecule has 100 valence electrons. The van der Waals surface area contributed by atoms with Crippen molar-refractivity contribution in [2.45, 2.75) is 6.92 Å². The van der Waals surface area contributed by atoms with E-state index >= 15 is 0 Å². The van der Waals surface area contributed by atoms with Crippen molar-refractivity contribution < 1.29 is 19.4 Å². The summed E-state index contributed by atoms with van der Waals surface area (Å²) in [6, 6.07) is 9.44. The fraction of sp³-hybridized carbons (Fsp3) is 0.125. The van der Waals surface area contributed by atoms with Crippen molar-refractivity contribution in [1.29, 1.82) is 0 Å². The molecule has 4 nitrogen and oxygen atoms in total. The number of carbonyl (C=O) groups is 2. The maximum absolute atomic E-state index is 12.6. The molecule has 2 aromatic carbocycles. The smallest absolute Gasteiger partial charge is 0.201 e. The highest BCUT2D eigenvalue weighted by atomic mass is 16.5. The zero-order valence-corrected chi connectivity index (χ0v) is 10.8. The number of benzene rings is 2. The van der Waals surface area contributed by atoms with Gasteiger partial charge in [0.25, 0.3) is 0 Å². The van der Waals surface area contributed by atoms with Gasteiger partial charge in [0.15, 0.2) is 5.78 Å². The first-order chi connectivity index (χ1) is 9.65. The lowest BCUT2D eigenvalue weighted by Gasteiger charge is -2.20. The Balaban J connectivity index is 2.30. The third-order valence-electron chi connectivity index (χ3n) is 3.31. The number of carbonyl (C=O) groups excluding carboxylic acids is 2. The number of rotatable bonds is 2. The second kappa shape index (κ2) is 4.49. The minimum Gasteiger partial charge on any atom is -0.507 e. The molecule has 20 heavy (non-hydrogen) atoms. The highest BCUT2D eigenvalue weighted by Gasteiger charge is 2.34. The summed E-state index contributed by atoms with van der Waals surface area (Å²) >= 11 is 0. The van der Waals surface area contributed by atoms with E-state index in [-0.39, 0.29) is 34.0 Å². The van der Waals surface area contributed by atoms with E-state index in [9.17, 15) is 14.7 Å². The van der Waals surface area contributed by atoms with Crippen LogP contribution in [0.15, 0.2) is 36.4 Å². The van der Waals surface area contributed by atoms with E-state index in [1.165, 1.54) is 6.07 Å². The van der Waals surface area contributed by atoms with Crippen LogP contribution in [-0.4, -0.2) is 23.3 Å². The molecule has 0 heterocycles. The van der Waals surface area contributed by atoms with E-state index in [1.54, 1.807) is 37.3 Å². The van der Waals surface area contributed by atoms with Crippen LogP contribution in [0.25, 0.3) is 0 Å². The van der Waals surface area contributed by atoms with Crippen LogP contribution in [0.5, 0.6) is 11.5 Å². The zero-order chi connectivity index (χ0) is 14.3. The van der Waals surface area contributed by atoms with Crippen LogP contribution in [0, 0.1) is 0 Å². The number of phenolic OH excluding ortho intramolecular Hbond substituents is 1. The molecule has 0 unspecified atom stereocenters. The van der Waals surface area contributed by atoms with Gasteiger partial charge >= 0.3 is 0 Å². The number of ketones is 2. The van der Waals surface area contributed by atoms with E-state index in [0.29, 0.717) is 17.9 Å². The Morgan fingerprint density at radius 2 is 1.60 bits per heavy atom. The van der Waals surface area contributed by atoms with Gasteiger partial charge in [-0.1, -0.05) is 24.3 Å². The van der Waals surface area contributed by atoms with Crippen LogP contribution in [-0.2, 0) is 0 Å². The van der Waals surface area contributed by atoms with Gasteiger partial charge in [0.2, 0.25) is 5.78 Å². The lowest BCUT2D eigenvalue weighted by Crippen LogP contribution is -2.22. The molecule has 0 atom stereocenters. The molecule has 3 rings (SSSR count). The molecule has 1 N–H and O–H groups in total. The number of hydrogen-bond acceptors (Lipinski definition) is 4. The van der Waals surface area contributed by atoms with Gasteiger partial charge in [0.05, 0.1) is 17.7 Å². The summed E-state index contributed by atoms with van der Waals surface area (Å²) in [4.78, 5) is 25.0.